The van der Waals surface area contributed by atoms with Crippen LogP contribution in [0.3, 0.4) is 0 Å². The molecule has 1 atom stereocenters. The monoisotopic (exact) mass is 366 g/mol. The molecule has 0 spiro atoms. The number of hydrogen-bond acceptors (Lipinski definition) is 4. The minimum atomic E-state index is -0.196. The first-order chi connectivity index (χ1) is 13.2. The van der Waals surface area contributed by atoms with Gasteiger partial charge in [0.25, 0.3) is 0 Å². The summed E-state index contributed by atoms with van der Waals surface area (Å²) in [5, 5.41) is 7.79. The topological polar surface area (TPSA) is 68.8 Å². The number of nitrogens with zero attached hydrogens (tertiary/aromatic N) is 6. The van der Waals surface area contributed by atoms with Crippen LogP contribution in [0.4, 0.5) is 0 Å². The second-order valence-electron chi connectivity index (χ2n) is 7.13. The van der Waals surface area contributed by atoms with Crippen molar-refractivity contribution >= 4 is 16.9 Å². The van der Waals surface area contributed by atoms with Crippen molar-refractivity contribution in [3.05, 3.63) is 42.7 Å². The van der Waals surface area contributed by atoms with Crippen molar-refractivity contribution < 1.29 is 4.79 Å². The van der Waals surface area contributed by atoms with Gasteiger partial charge in [-0.3, -0.25) is 4.79 Å². The van der Waals surface area contributed by atoms with Gasteiger partial charge in [0, 0.05) is 25.6 Å². The molecule has 27 heavy (non-hydrogen) atoms. The lowest BCUT2D eigenvalue weighted by Crippen LogP contribution is -2.42. The van der Waals surface area contributed by atoms with Gasteiger partial charge in [0.15, 0.2) is 0 Å². The highest BCUT2D eigenvalue weighted by Gasteiger charge is 2.30. The minimum Gasteiger partial charge on any atom is -0.341 e. The Morgan fingerprint density at radius 3 is 2.52 bits per heavy atom. The highest BCUT2D eigenvalue weighted by Crippen LogP contribution is 2.28. The molecule has 0 radical (unpaired) electrons. The van der Waals surface area contributed by atoms with Gasteiger partial charge < -0.3 is 14.0 Å². The number of likely N-dealkylation sites (tertiary alicyclic amines) is 1. The molecule has 0 unspecified atom stereocenters. The highest BCUT2D eigenvalue weighted by molar-refractivity contribution is 5.84. The average molecular weight is 366 g/mol. The van der Waals surface area contributed by atoms with Gasteiger partial charge in [0.05, 0.1) is 11.0 Å². The SMILES string of the molecule is CCc1nc2ccccc2n1[C@@H](CC)C(=O)N1CCC(n2cnnc2)CC1. The van der Waals surface area contributed by atoms with Crippen LogP contribution in [0.15, 0.2) is 36.9 Å². The number of para-hydroxylation sites is 2. The summed E-state index contributed by atoms with van der Waals surface area (Å²) < 4.78 is 4.21. The maximum atomic E-state index is 13.4. The van der Waals surface area contributed by atoms with E-state index in [4.69, 9.17) is 4.98 Å². The van der Waals surface area contributed by atoms with Gasteiger partial charge in [-0.2, -0.15) is 0 Å². The summed E-state index contributed by atoms with van der Waals surface area (Å²) in [6.45, 7) is 5.72. The third-order valence-electron chi connectivity index (χ3n) is 5.60. The Morgan fingerprint density at radius 2 is 1.85 bits per heavy atom. The fourth-order valence-corrected chi connectivity index (χ4v) is 4.15. The number of fused-ring (bicyclic) bond motifs is 1. The summed E-state index contributed by atoms with van der Waals surface area (Å²) >= 11 is 0. The van der Waals surface area contributed by atoms with Crippen molar-refractivity contribution in [2.75, 3.05) is 13.1 Å². The lowest BCUT2D eigenvalue weighted by atomic mass is 10.0. The van der Waals surface area contributed by atoms with E-state index >= 15 is 0 Å². The van der Waals surface area contributed by atoms with Crippen molar-refractivity contribution in [1.29, 1.82) is 0 Å². The standard InChI is InChI=1S/C20H26N6O/c1-3-17(26-18-8-6-5-7-16(18)23-19(26)4-2)20(27)24-11-9-15(10-12-24)25-13-21-22-14-25/h5-8,13-15,17H,3-4,9-12H2,1-2H3/t17-/m0/s1. The molecular formula is C20H26N6O. The summed E-state index contributed by atoms with van der Waals surface area (Å²) in [6, 6.07) is 8.28. The van der Waals surface area contributed by atoms with Crippen molar-refractivity contribution in [1.82, 2.24) is 29.2 Å². The van der Waals surface area contributed by atoms with Gasteiger partial charge in [-0.25, -0.2) is 4.98 Å². The molecule has 2 aromatic heterocycles. The van der Waals surface area contributed by atoms with Crippen LogP contribution >= 0.6 is 0 Å². The Morgan fingerprint density at radius 1 is 1.15 bits per heavy atom. The first kappa shape index (κ1) is 17.7. The Balaban J connectivity index is 1.56. The fourth-order valence-electron chi connectivity index (χ4n) is 4.15. The minimum absolute atomic E-state index is 0.196. The average Bonchev–Trinajstić information content (AvgIpc) is 3.37. The van der Waals surface area contributed by atoms with E-state index in [1.54, 1.807) is 12.7 Å². The van der Waals surface area contributed by atoms with Crippen LogP contribution in [-0.2, 0) is 11.2 Å². The van der Waals surface area contributed by atoms with Gasteiger partial charge in [-0.1, -0.05) is 26.0 Å². The normalized spacial score (nSPS) is 16.7. The Kier molecular flexibility index (Phi) is 4.92. The Labute approximate surface area is 159 Å². The number of carbonyl (C=O) groups excluding carboxylic acids is 1. The summed E-state index contributed by atoms with van der Waals surface area (Å²) in [4.78, 5) is 20.1. The third kappa shape index (κ3) is 3.22. The number of carbonyl (C=O) groups is 1. The van der Waals surface area contributed by atoms with E-state index in [9.17, 15) is 4.79 Å². The van der Waals surface area contributed by atoms with E-state index in [1.807, 2.05) is 23.1 Å². The highest BCUT2D eigenvalue weighted by atomic mass is 16.2. The predicted molar refractivity (Wildman–Crippen MR) is 103 cm³/mol. The van der Waals surface area contributed by atoms with E-state index in [0.29, 0.717) is 6.04 Å². The van der Waals surface area contributed by atoms with E-state index in [1.165, 1.54) is 0 Å². The third-order valence-corrected chi connectivity index (χ3v) is 5.60. The largest absolute Gasteiger partial charge is 0.341 e. The molecule has 1 fully saturated rings. The molecule has 7 heteroatoms. The zero-order valence-electron chi connectivity index (χ0n) is 16.0. The molecule has 3 heterocycles. The van der Waals surface area contributed by atoms with Gasteiger partial charge in [0.2, 0.25) is 5.91 Å². The van der Waals surface area contributed by atoms with Crippen LogP contribution in [-0.4, -0.2) is 48.2 Å². The zero-order valence-corrected chi connectivity index (χ0v) is 16.0. The molecule has 7 nitrogen and oxygen atoms in total. The first-order valence-electron chi connectivity index (χ1n) is 9.81. The van der Waals surface area contributed by atoms with Gasteiger partial charge in [-0.15, -0.1) is 10.2 Å². The summed E-state index contributed by atoms with van der Waals surface area (Å²) in [7, 11) is 0. The summed E-state index contributed by atoms with van der Waals surface area (Å²) in [6.07, 6.45) is 6.98. The maximum Gasteiger partial charge on any atom is 0.245 e. The Bertz CT molecular complexity index is 908. The lowest BCUT2D eigenvalue weighted by Gasteiger charge is -2.35. The Hall–Kier alpha value is -2.70. The molecule has 0 saturated carbocycles. The maximum absolute atomic E-state index is 13.4. The van der Waals surface area contributed by atoms with E-state index in [2.05, 4.69) is 39.2 Å². The van der Waals surface area contributed by atoms with E-state index in [0.717, 1.165) is 55.6 Å². The number of aromatic nitrogens is 5. The molecule has 1 aliphatic rings. The van der Waals surface area contributed by atoms with Crippen LogP contribution in [0, 0.1) is 0 Å². The fraction of sp³-hybridized carbons (Fsp3) is 0.500. The van der Waals surface area contributed by atoms with Crippen molar-refractivity contribution in [3.8, 4) is 0 Å². The lowest BCUT2D eigenvalue weighted by molar-refractivity contribution is -0.136. The molecule has 1 aliphatic heterocycles. The molecule has 4 rings (SSSR count). The number of benzene rings is 1. The van der Waals surface area contributed by atoms with Crippen molar-refractivity contribution in [3.63, 3.8) is 0 Å². The second-order valence-corrected chi connectivity index (χ2v) is 7.13. The van der Waals surface area contributed by atoms with Gasteiger partial charge in [0.1, 0.15) is 24.5 Å². The number of amides is 1. The van der Waals surface area contributed by atoms with E-state index in [-0.39, 0.29) is 11.9 Å². The van der Waals surface area contributed by atoms with Crippen LogP contribution in [0.2, 0.25) is 0 Å². The first-order valence-corrected chi connectivity index (χ1v) is 9.81. The summed E-state index contributed by atoms with van der Waals surface area (Å²) in [5.41, 5.74) is 2.01. The molecule has 0 bridgehead atoms. The van der Waals surface area contributed by atoms with Gasteiger partial charge in [-0.05, 0) is 31.4 Å². The molecule has 1 saturated heterocycles. The van der Waals surface area contributed by atoms with E-state index < -0.39 is 0 Å². The van der Waals surface area contributed by atoms with Crippen LogP contribution in [0.1, 0.15) is 51.0 Å². The van der Waals surface area contributed by atoms with Crippen molar-refractivity contribution in [2.24, 2.45) is 0 Å². The number of rotatable bonds is 5. The molecular weight excluding hydrogens is 340 g/mol. The number of aryl methyl sites for hydroxylation is 1. The molecule has 1 aromatic carbocycles. The molecule has 0 aliphatic carbocycles. The molecule has 142 valence electrons. The predicted octanol–water partition coefficient (Wildman–Crippen LogP) is 3.01. The molecule has 0 N–H and O–H groups in total. The van der Waals surface area contributed by atoms with Crippen LogP contribution in [0.5, 0.6) is 0 Å². The number of imidazole rings is 1. The van der Waals surface area contributed by atoms with Crippen LogP contribution < -0.4 is 0 Å². The molecule has 1 amide bonds. The second kappa shape index (κ2) is 7.50. The van der Waals surface area contributed by atoms with Crippen LogP contribution in [0.25, 0.3) is 11.0 Å². The van der Waals surface area contributed by atoms with Crippen molar-refractivity contribution in [2.45, 2.75) is 51.6 Å². The number of hydrogen-bond donors (Lipinski definition) is 0. The number of piperidine rings is 1. The zero-order chi connectivity index (χ0) is 18.8. The smallest absolute Gasteiger partial charge is 0.245 e. The molecule has 3 aromatic rings. The summed E-state index contributed by atoms with van der Waals surface area (Å²) in [5.74, 6) is 1.19. The quantitative estimate of drug-likeness (QED) is 0.696. The van der Waals surface area contributed by atoms with Gasteiger partial charge >= 0.3 is 0 Å².